The number of benzene rings is 2. The normalized spacial score (nSPS) is 12.7. The van der Waals surface area contributed by atoms with Crippen molar-refractivity contribution in [3.63, 3.8) is 0 Å². The number of fused-ring (bicyclic) bond motifs is 2. The zero-order valence-corrected chi connectivity index (χ0v) is 15.6. The smallest absolute Gasteiger partial charge is 0.220 e. The number of para-hydroxylation sites is 3. The Morgan fingerprint density at radius 1 is 1.07 bits per heavy atom. The van der Waals surface area contributed by atoms with Gasteiger partial charge in [0.15, 0.2) is 0 Å². The van der Waals surface area contributed by atoms with Crippen LogP contribution in [-0.4, -0.2) is 20.9 Å². The first kappa shape index (κ1) is 17.3. The molecule has 5 nitrogen and oxygen atoms in total. The van der Waals surface area contributed by atoms with Crippen molar-refractivity contribution >= 4 is 27.8 Å². The molecule has 0 saturated heterocycles. The molecule has 0 spiro atoms. The minimum Gasteiger partial charge on any atom is -0.361 e. The molecule has 0 aliphatic carbocycles. The number of H-pyrrole nitrogens is 2. The fourth-order valence-corrected chi connectivity index (χ4v) is 3.50. The van der Waals surface area contributed by atoms with Gasteiger partial charge < -0.3 is 15.3 Å². The van der Waals surface area contributed by atoms with Crippen LogP contribution >= 0.6 is 0 Å². The lowest BCUT2D eigenvalue weighted by molar-refractivity contribution is -0.122. The van der Waals surface area contributed by atoms with Crippen LogP contribution in [0.3, 0.4) is 0 Å². The Morgan fingerprint density at radius 3 is 2.59 bits per heavy atom. The topological polar surface area (TPSA) is 73.6 Å². The molecule has 4 rings (SSSR count). The molecule has 0 aliphatic rings. The van der Waals surface area contributed by atoms with Crippen molar-refractivity contribution in [1.82, 2.24) is 20.3 Å². The van der Waals surface area contributed by atoms with Crippen molar-refractivity contribution in [3.05, 3.63) is 66.1 Å². The average Bonchev–Trinajstić information content (AvgIpc) is 3.28. The van der Waals surface area contributed by atoms with Gasteiger partial charge in [0, 0.05) is 23.5 Å². The van der Waals surface area contributed by atoms with Gasteiger partial charge in [0.2, 0.25) is 5.91 Å². The van der Waals surface area contributed by atoms with Crippen LogP contribution in [0.4, 0.5) is 0 Å². The second-order valence-electron chi connectivity index (χ2n) is 7.29. The number of aryl methyl sites for hydroxylation is 1. The number of hydrogen-bond acceptors (Lipinski definition) is 2. The number of nitrogens with zero attached hydrogens (tertiary/aromatic N) is 1. The molecule has 0 bridgehead atoms. The van der Waals surface area contributed by atoms with Crippen LogP contribution in [0.2, 0.25) is 0 Å². The van der Waals surface area contributed by atoms with Gasteiger partial charge in [-0.3, -0.25) is 4.79 Å². The van der Waals surface area contributed by atoms with Crippen LogP contribution in [0, 0.1) is 5.92 Å². The third kappa shape index (κ3) is 3.58. The van der Waals surface area contributed by atoms with E-state index >= 15 is 0 Å². The Hall–Kier alpha value is -3.08. The summed E-state index contributed by atoms with van der Waals surface area (Å²) in [5.74, 6) is 1.09. The monoisotopic (exact) mass is 360 g/mol. The summed E-state index contributed by atoms with van der Waals surface area (Å²) in [6.45, 7) is 4.19. The van der Waals surface area contributed by atoms with E-state index in [4.69, 9.17) is 0 Å². The average molecular weight is 360 g/mol. The highest BCUT2D eigenvalue weighted by Crippen LogP contribution is 2.23. The van der Waals surface area contributed by atoms with Gasteiger partial charge in [-0.2, -0.15) is 0 Å². The zero-order chi connectivity index (χ0) is 18.8. The second-order valence-corrected chi connectivity index (χ2v) is 7.29. The molecule has 2 aromatic heterocycles. The minimum absolute atomic E-state index is 0.0411. The highest BCUT2D eigenvalue weighted by Gasteiger charge is 2.21. The van der Waals surface area contributed by atoms with E-state index in [-0.39, 0.29) is 17.9 Å². The first-order chi connectivity index (χ1) is 13.1. The van der Waals surface area contributed by atoms with Crippen molar-refractivity contribution in [2.75, 3.05) is 0 Å². The second kappa shape index (κ2) is 7.27. The molecule has 0 saturated carbocycles. The molecule has 0 fully saturated rings. The molecule has 1 amide bonds. The molecule has 4 aromatic rings. The van der Waals surface area contributed by atoms with Gasteiger partial charge in [0.1, 0.15) is 5.82 Å². The maximum atomic E-state index is 12.6. The third-order valence-electron chi connectivity index (χ3n) is 4.98. The quantitative estimate of drug-likeness (QED) is 0.474. The fourth-order valence-electron chi connectivity index (χ4n) is 3.50. The largest absolute Gasteiger partial charge is 0.361 e. The summed E-state index contributed by atoms with van der Waals surface area (Å²) in [6.07, 6.45) is 3.16. The number of aromatic nitrogens is 3. The van der Waals surface area contributed by atoms with Gasteiger partial charge in [-0.25, -0.2) is 4.98 Å². The lowest BCUT2D eigenvalue weighted by Gasteiger charge is -2.20. The molecule has 0 radical (unpaired) electrons. The third-order valence-corrected chi connectivity index (χ3v) is 4.98. The maximum Gasteiger partial charge on any atom is 0.220 e. The van der Waals surface area contributed by atoms with Crippen LogP contribution in [-0.2, 0) is 11.2 Å². The van der Waals surface area contributed by atoms with Crippen LogP contribution in [0.1, 0.15) is 37.7 Å². The van der Waals surface area contributed by atoms with E-state index in [1.54, 1.807) is 0 Å². The van der Waals surface area contributed by atoms with E-state index < -0.39 is 0 Å². The van der Waals surface area contributed by atoms with Gasteiger partial charge in [0.05, 0.1) is 17.1 Å². The number of aromatic amines is 2. The molecular formula is C22H24N4O. The lowest BCUT2D eigenvalue weighted by Crippen LogP contribution is -2.32. The first-order valence-electron chi connectivity index (χ1n) is 9.41. The highest BCUT2D eigenvalue weighted by atomic mass is 16.1. The molecule has 27 heavy (non-hydrogen) atoms. The molecule has 1 atom stereocenters. The summed E-state index contributed by atoms with van der Waals surface area (Å²) < 4.78 is 0. The molecule has 1 unspecified atom stereocenters. The Morgan fingerprint density at radius 2 is 1.81 bits per heavy atom. The van der Waals surface area contributed by atoms with Crippen LogP contribution in [0.15, 0.2) is 54.7 Å². The molecule has 3 N–H and O–H groups in total. The number of carbonyl (C=O) groups excluding carboxylic acids is 1. The summed E-state index contributed by atoms with van der Waals surface area (Å²) in [5.41, 5.74) is 4.19. The minimum atomic E-state index is -0.132. The van der Waals surface area contributed by atoms with Crippen LogP contribution in [0.25, 0.3) is 21.9 Å². The molecular weight excluding hydrogens is 336 g/mol. The number of amides is 1. The van der Waals surface area contributed by atoms with E-state index in [9.17, 15) is 4.79 Å². The predicted octanol–water partition coefficient (Wildman–Crippen LogP) is 4.49. The van der Waals surface area contributed by atoms with Crippen molar-refractivity contribution in [3.8, 4) is 0 Å². The number of nitrogens with one attached hydrogen (secondary N) is 3. The molecule has 138 valence electrons. The van der Waals surface area contributed by atoms with Crippen molar-refractivity contribution in [1.29, 1.82) is 0 Å². The molecule has 0 aliphatic heterocycles. The molecule has 5 heteroatoms. The number of carbonyl (C=O) groups is 1. The maximum absolute atomic E-state index is 12.6. The van der Waals surface area contributed by atoms with Gasteiger partial charge in [-0.05, 0) is 36.1 Å². The predicted molar refractivity (Wildman–Crippen MR) is 108 cm³/mol. The first-order valence-corrected chi connectivity index (χ1v) is 9.41. The van der Waals surface area contributed by atoms with Gasteiger partial charge >= 0.3 is 0 Å². The fraction of sp³-hybridized carbons (Fsp3) is 0.273. The van der Waals surface area contributed by atoms with Gasteiger partial charge in [-0.15, -0.1) is 0 Å². The SMILES string of the molecule is CC(C)C(NC(=O)CCc1c[nH]c2ccccc12)c1nc2ccccc2[nH]1. The standard InChI is InChI=1S/C22H24N4O/c1-14(2)21(22-24-18-9-5-6-10-19(18)25-22)26-20(27)12-11-15-13-23-17-8-4-3-7-16(15)17/h3-10,13-14,21,23H,11-12H2,1-2H3,(H,24,25)(H,26,27). The Bertz CT molecular complexity index is 1040. The van der Waals surface area contributed by atoms with Gasteiger partial charge in [0.25, 0.3) is 0 Å². The number of hydrogen-bond donors (Lipinski definition) is 3. The van der Waals surface area contributed by atoms with E-state index in [1.165, 1.54) is 10.9 Å². The van der Waals surface area contributed by atoms with E-state index in [0.717, 1.165) is 22.4 Å². The molecule has 2 heterocycles. The summed E-state index contributed by atoms with van der Waals surface area (Å²) in [5, 5.41) is 4.34. The highest BCUT2D eigenvalue weighted by molar-refractivity contribution is 5.84. The van der Waals surface area contributed by atoms with E-state index in [1.807, 2.05) is 42.6 Å². The Kier molecular flexibility index (Phi) is 4.67. The summed E-state index contributed by atoms with van der Waals surface area (Å²) in [7, 11) is 0. The summed E-state index contributed by atoms with van der Waals surface area (Å²) in [6, 6.07) is 16.0. The number of rotatable bonds is 6. The Labute approximate surface area is 158 Å². The van der Waals surface area contributed by atoms with Crippen LogP contribution in [0.5, 0.6) is 0 Å². The van der Waals surface area contributed by atoms with Crippen molar-refractivity contribution < 1.29 is 4.79 Å². The van der Waals surface area contributed by atoms with Gasteiger partial charge in [-0.1, -0.05) is 44.2 Å². The zero-order valence-electron chi connectivity index (χ0n) is 15.6. The molecule has 2 aromatic carbocycles. The number of imidazole rings is 1. The summed E-state index contributed by atoms with van der Waals surface area (Å²) in [4.78, 5) is 23.9. The van der Waals surface area contributed by atoms with Crippen LogP contribution < -0.4 is 5.32 Å². The van der Waals surface area contributed by atoms with Crippen molar-refractivity contribution in [2.45, 2.75) is 32.7 Å². The Balaban J connectivity index is 1.46. The van der Waals surface area contributed by atoms with E-state index in [2.05, 4.69) is 46.2 Å². The summed E-state index contributed by atoms with van der Waals surface area (Å²) >= 11 is 0. The lowest BCUT2D eigenvalue weighted by atomic mass is 10.0. The van der Waals surface area contributed by atoms with Crippen molar-refractivity contribution in [2.24, 2.45) is 5.92 Å². The van der Waals surface area contributed by atoms with E-state index in [0.29, 0.717) is 12.8 Å².